The Labute approximate surface area is 158 Å². The number of hydrogen-bond acceptors (Lipinski definition) is 8. The lowest BCUT2D eigenvalue weighted by molar-refractivity contribution is 0.0942. The summed E-state index contributed by atoms with van der Waals surface area (Å²) in [6.07, 6.45) is 2.65. The van der Waals surface area contributed by atoms with E-state index in [0.29, 0.717) is 5.75 Å². The lowest BCUT2D eigenvalue weighted by atomic mass is 10.3. The van der Waals surface area contributed by atoms with Crippen LogP contribution in [-0.2, 0) is 16.4 Å². The summed E-state index contributed by atoms with van der Waals surface area (Å²) in [6, 6.07) is 5.05. The topological polar surface area (TPSA) is 111 Å². The lowest BCUT2D eigenvalue weighted by Crippen LogP contribution is -2.35. The van der Waals surface area contributed by atoms with Crippen LogP contribution in [0.4, 0.5) is 0 Å². The molecular weight excluding hydrogens is 390 g/mol. The van der Waals surface area contributed by atoms with E-state index in [4.69, 9.17) is 9.15 Å². The van der Waals surface area contributed by atoms with Gasteiger partial charge in [-0.05, 0) is 25.1 Å². The summed E-state index contributed by atoms with van der Waals surface area (Å²) < 4.78 is 34.7. The summed E-state index contributed by atoms with van der Waals surface area (Å²) in [5, 5.41) is 4.66. The first kappa shape index (κ1) is 17.7. The molecule has 140 valence electrons. The van der Waals surface area contributed by atoms with Crippen LogP contribution in [0, 0.1) is 6.92 Å². The van der Waals surface area contributed by atoms with E-state index in [9.17, 15) is 13.2 Å². The highest BCUT2D eigenvalue weighted by Gasteiger charge is 2.24. The van der Waals surface area contributed by atoms with E-state index >= 15 is 0 Å². The predicted octanol–water partition coefficient (Wildman–Crippen LogP) is 2.21. The van der Waals surface area contributed by atoms with E-state index < -0.39 is 21.8 Å². The predicted molar refractivity (Wildman–Crippen MR) is 99.4 cm³/mol. The van der Waals surface area contributed by atoms with Crippen molar-refractivity contribution in [3.63, 3.8) is 0 Å². The maximum atomic E-state index is 12.1. The molecule has 1 aliphatic heterocycles. The number of rotatable bonds is 5. The first-order valence-corrected chi connectivity index (χ1v) is 10.6. The molecule has 1 atom stereocenters. The minimum Gasteiger partial charge on any atom is -0.484 e. The monoisotopic (exact) mass is 405 g/mol. The van der Waals surface area contributed by atoms with Crippen molar-refractivity contribution in [3.8, 4) is 5.75 Å². The van der Waals surface area contributed by atoms with Crippen LogP contribution in [-0.4, -0.2) is 36.1 Å². The highest BCUT2D eigenvalue weighted by atomic mass is 32.2. The van der Waals surface area contributed by atoms with Crippen LogP contribution < -0.4 is 10.1 Å². The van der Waals surface area contributed by atoms with Crippen molar-refractivity contribution in [1.29, 1.82) is 0 Å². The largest absolute Gasteiger partial charge is 0.484 e. The number of nitrogens with one attached hydrogen (secondary N) is 1. The van der Waals surface area contributed by atoms with Crippen LogP contribution in [0.1, 0.15) is 21.4 Å². The number of oxazole rings is 1. The molecule has 3 aromatic rings. The van der Waals surface area contributed by atoms with Gasteiger partial charge in [0.05, 0.1) is 27.0 Å². The number of carbonyl (C=O) groups excluding carboxylic acids is 1. The van der Waals surface area contributed by atoms with Crippen molar-refractivity contribution < 1.29 is 22.4 Å². The third kappa shape index (κ3) is 4.01. The van der Waals surface area contributed by atoms with Gasteiger partial charge in [0.25, 0.3) is 5.91 Å². The van der Waals surface area contributed by atoms with Crippen LogP contribution in [0.25, 0.3) is 10.2 Å². The zero-order valence-electron chi connectivity index (χ0n) is 14.2. The molecule has 1 N–H and O–H groups in total. The smallest absolute Gasteiger partial charge is 0.273 e. The molecule has 8 nitrogen and oxygen atoms in total. The number of amides is 1. The number of carbonyl (C=O) groups is 1. The Morgan fingerprint density at radius 1 is 1.41 bits per heavy atom. The minimum atomic E-state index is -3.24. The Bertz CT molecular complexity index is 1150. The number of aryl methyl sites for hydroxylation is 1. The Morgan fingerprint density at radius 3 is 3.04 bits per heavy atom. The summed E-state index contributed by atoms with van der Waals surface area (Å²) in [5.74, 6) is 0.212. The fourth-order valence-electron chi connectivity index (χ4n) is 2.65. The van der Waals surface area contributed by atoms with Gasteiger partial charge in [-0.1, -0.05) is 0 Å². The van der Waals surface area contributed by atoms with E-state index in [1.165, 1.54) is 12.3 Å². The molecule has 0 fully saturated rings. The van der Waals surface area contributed by atoms with Crippen LogP contribution in [0.3, 0.4) is 0 Å². The van der Waals surface area contributed by atoms with Crippen LogP contribution >= 0.6 is 11.3 Å². The van der Waals surface area contributed by atoms with E-state index in [-0.39, 0.29) is 23.9 Å². The first-order valence-electron chi connectivity index (χ1n) is 8.04. The van der Waals surface area contributed by atoms with Gasteiger partial charge in [0.15, 0.2) is 22.1 Å². The third-order valence-corrected chi connectivity index (χ3v) is 6.21. The molecule has 1 amide bonds. The zero-order valence-corrected chi connectivity index (χ0v) is 15.8. The van der Waals surface area contributed by atoms with Crippen molar-refractivity contribution in [3.05, 3.63) is 52.5 Å². The molecular formula is C17H15N3O5S2. The molecule has 0 radical (unpaired) electrons. The molecule has 1 aliphatic rings. The normalized spacial score (nSPS) is 18.0. The number of aromatic nitrogens is 2. The summed E-state index contributed by atoms with van der Waals surface area (Å²) in [5.41, 5.74) is 0.930. The van der Waals surface area contributed by atoms with E-state index in [1.807, 2.05) is 25.1 Å². The molecule has 27 heavy (non-hydrogen) atoms. The average molecular weight is 405 g/mol. The maximum absolute atomic E-state index is 12.1. The van der Waals surface area contributed by atoms with Crippen molar-refractivity contribution in [2.75, 3.05) is 5.75 Å². The molecule has 0 saturated carbocycles. The second-order valence-corrected chi connectivity index (χ2v) is 9.18. The number of thiazole rings is 1. The zero-order chi connectivity index (χ0) is 19.0. The van der Waals surface area contributed by atoms with Gasteiger partial charge in [-0.2, -0.15) is 0 Å². The van der Waals surface area contributed by atoms with Gasteiger partial charge in [-0.3, -0.25) is 4.79 Å². The van der Waals surface area contributed by atoms with Gasteiger partial charge in [0.1, 0.15) is 12.0 Å². The average Bonchev–Trinajstić information content (AvgIpc) is 3.30. The second kappa shape index (κ2) is 6.78. The minimum absolute atomic E-state index is 0.0552. The van der Waals surface area contributed by atoms with Crippen LogP contribution in [0.5, 0.6) is 5.75 Å². The molecule has 3 heterocycles. The molecule has 1 unspecified atom stereocenters. The van der Waals surface area contributed by atoms with Gasteiger partial charge in [0.2, 0.25) is 5.89 Å². The van der Waals surface area contributed by atoms with Crippen molar-refractivity contribution in [2.24, 2.45) is 0 Å². The van der Waals surface area contributed by atoms with Crippen LogP contribution in [0.15, 0.2) is 40.4 Å². The standard InChI is InChI=1S/C17H15N3O5S2/c1-10-18-13-6-12(2-3-15(13)26-10)24-8-16-20-14(7-25-16)17(21)19-11-4-5-27(22,23)9-11/h2-7,11H,8-9H2,1H3,(H,19,21). The third-order valence-electron chi connectivity index (χ3n) is 3.86. The SMILES string of the molecule is Cc1nc2cc(OCc3nc(C(=O)NC4C=CS(=O)(=O)C4)co3)ccc2s1. The maximum Gasteiger partial charge on any atom is 0.273 e. The Kier molecular flexibility index (Phi) is 4.44. The highest BCUT2D eigenvalue weighted by molar-refractivity contribution is 7.94. The Hall–Kier alpha value is -2.72. The molecule has 0 aliphatic carbocycles. The quantitative estimate of drug-likeness (QED) is 0.693. The molecule has 0 bridgehead atoms. The fraction of sp³-hybridized carbons (Fsp3) is 0.235. The van der Waals surface area contributed by atoms with Gasteiger partial charge >= 0.3 is 0 Å². The molecule has 2 aromatic heterocycles. The Morgan fingerprint density at radius 2 is 2.26 bits per heavy atom. The number of nitrogens with zero attached hydrogens (tertiary/aromatic N) is 2. The lowest BCUT2D eigenvalue weighted by Gasteiger charge is -2.07. The van der Waals surface area contributed by atoms with Crippen LogP contribution in [0.2, 0.25) is 0 Å². The number of ether oxygens (including phenoxy) is 1. The number of hydrogen-bond donors (Lipinski definition) is 1. The van der Waals surface area contributed by atoms with Gasteiger partial charge in [0, 0.05) is 11.5 Å². The number of sulfone groups is 1. The van der Waals surface area contributed by atoms with E-state index in [1.54, 1.807) is 11.3 Å². The van der Waals surface area contributed by atoms with Gasteiger partial charge in [-0.15, -0.1) is 11.3 Å². The number of fused-ring (bicyclic) bond motifs is 1. The number of benzene rings is 1. The second-order valence-electron chi connectivity index (χ2n) is 6.02. The molecule has 0 saturated heterocycles. The van der Waals surface area contributed by atoms with Crippen molar-refractivity contribution in [1.82, 2.24) is 15.3 Å². The van der Waals surface area contributed by atoms with Crippen molar-refractivity contribution >= 4 is 37.3 Å². The van der Waals surface area contributed by atoms with Gasteiger partial charge in [-0.25, -0.2) is 18.4 Å². The molecule has 1 aromatic carbocycles. The van der Waals surface area contributed by atoms with Gasteiger partial charge < -0.3 is 14.5 Å². The van der Waals surface area contributed by atoms with E-state index in [2.05, 4.69) is 15.3 Å². The Balaban J connectivity index is 1.37. The summed E-state index contributed by atoms with van der Waals surface area (Å²) in [7, 11) is -3.24. The van der Waals surface area contributed by atoms with E-state index in [0.717, 1.165) is 20.6 Å². The molecule has 10 heteroatoms. The summed E-state index contributed by atoms with van der Waals surface area (Å²) >= 11 is 1.61. The fourth-order valence-corrected chi connectivity index (χ4v) is 4.69. The summed E-state index contributed by atoms with van der Waals surface area (Å²) in [4.78, 5) is 20.6. The molecule has 0 spiro atoms. The first-order chi connectivity index (χ1) is 12.9. The summed E-state index contributed by atoms with van der Waals surface area (Å²) in [6.45, 7) is 2.00. The highest BCUT2D eigenvalue weighted by Crippen LogP contribution is 2.26. The molecule has 4 rings (SSSR count). The van der Waals surface area contributed by atoms with Crippen molar-refractivity contribution in [2.45, 2.75) is 19.6 Å².